The van der Waals surface area contributed by atoms with Crippen LogP contribution in [0.4, 0.5) is 5.69 Å². The average Bonchev–Trinajstić information content (AvgIpc) is 3.35. The van der Waals surface area contributed by atoms with Crippen LogP contribution in [0.5, 0.6) is 0 Å². The minimum Gasteiger partial charge on any atom is -0.341 e. The molecule has 3 aromatic carbocycles. The number of likely N-dealkylation sites (N-methyl/N-ethyl adjacent to an activating group) is 1. The van der Waals surface area contributed by atoms with Crippen LogP contribution < -0.4 is 10.0 Å². The van der Waals surface area contributed by atoms with Crippen molar-refractivity contribution in [3.05, 3.63) is 71.8 Å². The number of aryl methyl sites for hydroxylation is 1. The Kier molecular flexibility index (Phi) is 7.75. The maximum Gasteiger partial charge on any atom is 0.255 e. The van der Waals surface area contributed by atoms with Crippen molar-refractivity contribution in [3.63, 3.8) is 0 Å². The van der Waals surface area contributed by atoms with Crippen LogP contribution in [0.2, 0.25) is 0 Å². The Morgan fingerprint density at radius 1 is 0.923 bits per heavy atom. The molecule has 2 unspecified atom stereocenters. The third-order valence-corrected chi connectivity index (χ3v) is 9.69. The van der Waals surface area contributed by atoms with Gasteiger partial charge in [-0.25, -0.2) is 13.1 Å². The van der Waals surface area contributed by atoms with Gasteiger partial charge in [0.25, 0.3) is 5.91 Å². The third kappa shape index (κ3) is 5.57. The number of likely N-dealkylation sites (tertiary alicyclic amines) is 2. The summed E-state index contributed by atoms with van der Waals surface area (Å²) in [6.07, 6.45) is 2.47. The lowest BCUT2D eigenvalue weighted by Crippen LogP contribution is -2.54. The fourth-order valence-corrected chi connectivity index (χ4v) is 7.44. The lowest BCUT2D eigenvalue weighted by Gasteiger charge is -2.39. The number of hydrogen-bond donors (Lipinski definition) is 2. The van der Waals surface area contributed by atoms with Crippen molar-refractivity contribution in [1.29, 1.82) is 0 Å². The molecule has 0 radical (unpaired) electrons. The number of piperidine rings is 1. The lowest BCUT2D eigenvalue weighted by molar-refractivity contribution is -0.137. The van der Waals surface area contributed by atoms with E-state index in [1.807, 2.05) is 56.1 Å². The predicted molar refractivity (Wildman–Crippen MR) is 153 cm³/mol. The van der Waals surface area contributed by atoms with Crippen LogP contribution in [0.3, 0.4) is 0 Å². The van der Waals surface area contributed by atoms with Crippen LogP contribution in [0.15, 0.2) is 65.6 Å². The highest BCUT2D eigenvalue weighted by molar-refractivity contribution is 7.89. The molecule has 2 aliphatic heterocycles. The second-order valence-corrected chi connectivity index (χ2v) is 12.5. The number of nitrogens with zero attached hydrogens (tertiary/aromatic N) is 2. The fraction of sp³-hybridized carbons (Fsp3) is 0.400. The molecule has 2 fully saturated rings. The minimum absolute atomic E-state index is 0.0249. The smallest absolute Gasteiger partial charge is 0.255 e. The Bertz CT molecular complexity index is 1510. The highest BCUT2D eigenvalue weighted by Gasteiger charge is 2.37. The van der Waals surface area contributed by atoms with Crippen molar-refractivity contribution in [3.8, 4) is 0 Å². The fourth-order valence-electron chi connectivity index (χ4n) is 5.85. The van der Waals surface area contributed by atoms with Crippen molar-refractivity contribution < 1.29 is 18.0 Å². The molecule has 2 aliphatic rings. The summed E-state index contributed by atoms with van der Waals surface area (Å²) in [7, 11) is -1.87. The molecule has 0 saturated carbocycles. The molecule has 8 nitrogen and oxygen atoms in total. The summed E-state index contributed by atoms with van der Waals surface area (Å²) in [4.78, 5) is 30.2. The van der Waals surface area contributed by atoms with Gasteiger partial charge in [0.15, 0.2) is 0 Å². The normalized spacial score (nSPS) is 22.2. The van der Waals surface area contributed by atoms with E-state index in [-0.39, 0.29) is 34.7 Å². The van der Waals surface area contributed by atoms with Crippen molar-refractivity contribution in [2.24, 2.45) is 5.92 Å². The molecule has 5 rings (SSSR count). The van der Waals surface area contributed by atoms with Gasteiger partial charge in [-0.15, -0.1) is 0 Å². The Labute approximate surface area is 230 Å². The largest absolute Gasteiger partial charge is 0.341 e. The Hall–Kier alpha value is -3.27. The van der Waals surface area contributed by atoms with E-state index in [0.29, 0.717) is 41.5 Å². The van der Waals surface area contributed by atoms with E-state index in [1.165, 1.54) is 0 Å². The molecule has 0 spiro atoms. The van der Waals surface area contributed by atoms with E-state index in [2.05, 4.69) is 14.9 Å². The third-order valence-electron chi connectivity index (χ3n) is 8.14. The molecule has 3 aromatic rings. The molecule has 9 heteroatoms. The zero-order valence-corrected chi connectivity index (χ0v) is 23.5. The number of carbonyl (C=O) groups excluding carboxylic acids is 2. The standard InChI is InChI=1S/C30H36N4O4S/c1-20-9-4-5-10-22(20)29(35)31-26-14-15-28(24-12-7-6-11-23(24)26)39(37,38)32-25-16-18-34(19-21(25)2)30(36)27-13-8-17-33(27)3/h4-7,9-12,14-15,21,25,27,32H,8,13,16-19H2,1-3H3,(H,31,35)/t21?,25?,27-/m0/s1. The molecule has 2 saturated heterocycles. The number of sulfonamides is 1. The van der Waals surface area contributed by atoms with E-state index in [0.717, 1.165) is 24.9 Å². The Balaban J connectivity index is 1.33. The number of carbonyl (C=O) groups is 2. The van der Waals surface area contributed by atoms with Crippen LogP contribution in [-0.4, -0.2) is 68.8 Å². The van der Waals surface area contributed by atoms with Gasteiger partial charge < -0.3 is 10.2 Å². The molecule has 0 aliphatic carbocycles. The molecule has 39 heavy (non-hydrogen) atoms. The number of anilines is 1. The SMILES string of the molecule is Cc1ccccc1C(=O)Nc1ccc(S(=O)(=O)NC2CCN(C(=O)[C@@H]3CCCN3C)CC2C)c2ccccc12. The van der Waals surface area contributed by atoms with E-state index in [1.54, 1.807) is 30.3 Å². The van der Waals surface area contributed by atoms with Crippen molar-refractivity contribution in [2.45, 2.75) is 50.1 Å². The topological polar surface area (TPSA) is 98.8 Å². The highest BCUT2D eigenvalue weighted by Crippen LogP contribution is 2.31. The van der Waals surface area contributed by atoms with Crippen LogP contribution in [0.25, 0.3) is 10.8 Å². The zero-order valence-electron chi connectivity index (χ0n) is 22.7. The molecular formula is C30H36N4O4S. The molecule has 206 valence electrons. The number of benzene rings is 3. The lowest BCUT2D eigenvalue weighted by atomic mass is 9.94. The van der Waals surface area contributed by atoms with Gasteiger partial charge in [-0.1, -0.05) is 49.4 Å². The Morgan fingerprint density at radius 2 is 1.64 bits per heavy atom. The van der Waals surface area contributed by atoms with Crippen molar-refractivity contribution >= 4 is 38.3 Å². The van der Waals surface area contributed by atoms with E-state index >= 15 is 0 Å². The number of amides is 2. The van der Waals surface area contributed by atoms with Crippen LogP contribution in [0.1, 0.15) is 42.1 Å². The van der Waals surface area contributed by atoms with Gasteiger partial charge in [-0.3, -0.25) is 14.5 Å². The summed E-state index contributed by atoms with van der Waals surface area (Å²) >= 11 is 0. The molecule has 0 bridgehead atoms. The maximum absolute atomic E-state index is 13.6. The van der Waals surface area contributed by atoms with Gasteiger partial charge >= 0.3 is 0 Å². The average molecular weight is 549 g/mol. The molecular weight excluding hydrogens is 512 g/mol. The first-order valence-corrected chi connectivity index (χ1v) is 15.0. The second-order valence-electron chi connectivity index (χ2n) is 10.8. The van der Waals surface area contributed by atoms with Crippen LogP contribution in [0, 0.1) is 12.8 Å². The summed E-state index contributed by atoms with van der Waals surface area (Å²) < 4.78 is 30.2. The molecule has 2 amide bonds. The first kappa shape index (κ1) is 27.3. The van der Waals surface area contributed by atoms with Gasteiger partial charge in [0.05, 0.1) is 10.9 Å². The van der Waals surface area contributed by atoms with Gasteiger partial charge in [-0.2, -0.15) is 0 Å². The molecule has 2 N–H and O–H groups in total. The summed E-state index contributed by atoms with van der Waals surface area (Å²) in [6.45, 7) is 5.87. The Morgan fingerprint density at radius 3 is 2.33 bits per heavy atom. The van der Waals surface area contributed by atoms with E-state index in [9.17, 15) is 18.0 Å². The van der Waals surface area contributed by atoms with Gasteiger partial charge in [0, 0.05) is 41.2 Å². The summed E-state index contributed by atoms with van der Waals surface area (Å²) in [6, 6.07) is 17.4. The number of nitrogens with one attached hydrogen (secondary N) is 2. The van der Waals surface area contributed by atoms with Gasteiger partial charge in [0.2, 0.25) is 15.9 Å². The minimum atomic E-state index is -3.86. The van der Waals surface area contributed by atoms with E-state index in [4.69, 9.17) is 0 Å². The predicted octanol–water partition coefficient (Wildman–Crippen LogP) is 4.01. The maximum atomic E-state index is 13.6. The van der Waals surface area contributed by atoms with Crippen LogP contribution >= 0.6 is 0 Å². The molecule has 2 heterocycles. The number of rotatable bonds is 6. The van der Waals surface area contributed by atoms with Gasteiger partial charge in [0.1, 0.15) is 0 Å². The summed E-state index contributed by atoms with van der Waals surface area (Å²) in [5, 5.41) is 4.14. The van der Waals surface area contributed by atoms with Crippen LogP contribution in [-0.2, 0) is 14.8 Å². The number of fused-ring (bicyclic) bond motifs is 1. The second kappa shape index (κ2) is 11.1. The quantitative estimate of drug-likeness (QED) is 0.485. The zero-order chi connectivity index (χ0) is 27.7. The monoisotopic (exact) mass is 548 g/mol. The first-order valence-electron chi connectivity index (χ1n) is 13.6. The van der Waals surface area contributed by atoms with Crippen molar-refractivity contribution in [1.82, 2.24) is 14.5 Å². The van der Waals surface area contributed by atoms with E-state index < -0.39 is 10.0 Å². The number of hydrogen-bond acceptors (Lipinski definition) is 5. The first-order chi connectivity index (χ1) is 18.7. The molecule has 3 atom stereocenters. The summed E-state index contributed by atoms with van der Waals surface area (Å²) in [5.41, 5.74) is 1.98. The highest BCUT2D eigenvalue weighted by atomic mass is 32.2. The van der Waals surface area contributed by atoms with Crippen molar-refractivity contribution in [2.75, 3.05) is 32.0 Å². The summed E-state index contributed by atoms with van der Waals surface area (Å²) in [5.74, 6) is -0.119. The van der Waals surface area contributed by atoms with Gasteiger partial charge in [-0.05, 0) is 69.5 Å². The molecule has 0 aromatic heterocycles.